The number of carbonyl (C=O) groups excluding carboxylic acids is 1. The summed E-state index contributed by atoms with van der Waals surface area (Å²) in [6, 6.07) is 3.87. The monoisotopic (exact) mass is 333 g/mol. The summed E-state index contributed by atoms with van der Waals surface area (Å²) < 4.78 is 13.7. The highest BCUT2D eigenvalue weighted by atomic mass is 79.9. The van der Waals surface area contributed by atoms with E-state index in [1.807, 2.05) is 0 Å². The van der Waals surface area contributed by atoms with E-state index in [9.17, 15) is 19.4 Å². The average molecular weight is 334 g/mol. The highest BCUT2D eigenvalue weighted by Gasteiger charge is 2.27. The van der Waals surface area contributed by atoms with Gasteiger partial charge in [-0.3, -0.25) is 4.79 Å². The van der Waals surface area contributed by atoms with Gasteiger partial charge in [0.1, 0.15) is 5.82 Å². The molecule has 0 aliphatic heterocycles. The van der Waals surface area contributed by atoms with Crippen molar-refractivity contribution in [1.82, 2.24) is 4.90 Å². The van der Waals surface area contributed by atoms with E-state index in [1.165, 1.54) is 17.0 Å². The summed E-state index contributed by atoms with van der Waals surface area (Å²) >= 11 is 3.20. The summed E-state index contributed by atoms with van der Waals surface area (Å²) in [6.45, 7) is 1.34. The summed E-state index contributed by atoms with van der Waals surface area (Å²) in [4.78, 5) is 13.5. The number of hydrogen-bond donors (Lipinski definition) is 2. The number of hydrogen-bond acceptors (Lipinski definition) is 3. The van der Waals surface area contributed by atoms with Gasteiger partial charge in [0.2, 0.25) is 0 Å². The highest BCUT2D eigenvalue weighted by molar-refractivity contribution is 9.10. The van der Waals surface area contributed by atoms with Crippen molar-refractivity contribution in [2.24, 2.45) is 5.41 Å². The van der Waals surface area contributed by atoms with E-state index in [4.69, 9.17) is 0 Å². The molecular formula is C13H17BrFNO3. The Kier molecular flexibility index (Phi) is 5.46. The molecule has 4 nitrogen and oxygen atoms in total. The predicted octanol–water partition coefficient (Wildman–Crippen LogP) is 1.65. The maximum Gasteiger partial charge on any atom is 0.254 e. The van der Waals surface area contributed by atoms with Crippen LogP contribution < -0.4 is 0 Å². The van der Waals surface area contributed by atoms with Crippen molar-refractivity contribution in [2.45, 2.75) is 6.92 Å². The summed E-state index contributed by atoms with van der Waals surface area (Å²) in [5.41, 5.74) is -0.578. The molecule has 1 aromatic carbocycles. The van der Waals surface area contributed by atoms with E-state index in [0.29, 0.717) is 4.47 Å². The molecule has 0 saturated carbocycles. The zero-order valence-corrected chi connectivity index (χ0v) is 12.4. The first-order valence-corrected chi connectivity index (χ1v) is 6.54. The molecule has 0 bridgehead atoms. The third-order valence-electron chi connectivity index (χ3n) is 2.89. The van der Waals surface area contributed by atoms with Crippen molar-refractivity contribution >= 4 is 21.8 Å². The number of nitrogens with zero attached hydrogens (tertiary/aromatic N) is 1. The smallest absolute Gasteiger partial charge is 0.254 e. The molecule has 1 rings (SSSR count). The molecule has 6 heteroatoms. The summed E-state index contributed by atoms with van der Waals surface area (Å²) in [6.07, 6.45) is 0. The van der Waals surface area contributed by atoms with Crippen LogP contribution in [0.4, 0.5) is 4.39 Å². The van der Waals surface area contributed by atoms with Gasteiger partial charge in [-0.2, -0.15) is 0 Å². The summed E-state index contributed by atoms with van der Waals surface area (Å²) in [5.74, 6) is -0.869. The van der Waals surface area contributed by atoms with Crippen LogP contribution in [0.2, 0.25) is 0 Å². The molecule has 106 valence electrons. The highest BCUT2D eigenvalue weighted by Crippen LogP contribution is 2.22. The van der Waals surface area contributed by atoms with E-state index in [0.717, 1.165) is 6.07 Å². The van der Waals surface area contributed by atoms with Gasteiger partial charge < -0.3 is 15.1 Å². The molecule has 19 heavy (non-hydrogen) atoms. The van der Waals surface area contributed by atoms with Gasteiger partial charge in [0.05, 0.1) is 18.8 Å². The molecule has 0 spiro atoms. The number of aliphatic hydroxyl groups excluding tert-OH is 2. The molecular weight excluding hydrogens is 317 g/mol. The molecule has 0 aliphatic rings. The Morgan fingerprint density at radius 2 is 2.00 bits per heavy atom. The Morgan fingerprint density at radius 1 is 1.42 bits per heavy atom. The Labute approximate surface area is 120 Å². The van der Waals surface area contributed by atoms with Crippen LogP contribution in [0.1, 0.15) is 17.3 Å². The first-order chi connectivity index (χ1) is 8.83. The molecule has 0 fully saturated rings. The Hall–Kier alpha value is -0.980. The van der Waals surface area contributed by atoms with Crippen LogP contribution in [0.3, 0.4) is 0 Å². The number of aliphatic hydroxyl groups is 2. The van der Waals surface area contributed by atoms with Gasteiger partial charge in [-0.15, -0.1) is 0 Å². The van der Waals surface area contributed by atoms with Gasteiger partial charge in [0, 0.05) is 23.5 Å². The Balaban J connectivity index is 2.91. The van der Waals surface area contributed by atoms with Crippen LogP contribution in [0, 0.1) is 11.2 Å². The van der Waals surface area contributed by atoms with Gasteiger partial charge >= 0.3 is 0 Å². The Morgan fingerprint density at radius 3 is 2.53 bits per heavy atom. The van der Waals surface area contributed by atoms with Crippen molar-refractivity contribution in [1.29, 1.82) is 0 Å². The SMILES string of the molecule is CN(CC(C)(CO)CO)C(=O)c1cc(F)ccc1Br. The van der Waals surface area contributed by atoms with Gasteiger partial charge in [0.15, 0.2) is 0 Å². The minimum absolute atomic E-state index is 0.168. The first kappa shape index (κ1) is 16.1. The van der Waals surface area contributed by atoms with Crippen molar-refractivity contribution in [3.63, 3.8) is 0 Å². The lowest BCUT2D eigenvalue weighted by molar-refractivity contribution is 0.0365. The molecule has 0 aromatic heterocycles. The van der Waals surface area contributed by atoms with E-state index >= 15 is 0 Å². The topological polar surface area (TPSA) is 60.8 Å². The molecule has 1 amide bonds. The molecule has 0 heterocycles. The minimum atomic E-state index is -0.787. The lowest BCUT2D eigenvalue weighted by Gasteiger charge is -2.30. The molecule has 0 unspecified atom stereocenters. The lowest BCUT2D eigenvalue weighted by atomic mass is 9.92. The number of benzene rings is 1. The maximum absolute atomic E-state index is 13.2. The fraction of sp³-hybridized carbons (Fsp3) is 0.462. The van der Waals surface area contributed by atoms with E-state index in [-0.39, 0.29) is 31.2 Å². The first-order valence-electron chi connectivity index (χ1n) is 5.75. The van der Waals surface area contributed by atoms with Crippen LogP contribution in [-0.4, -0.2) is 47.8 Å². The fourth-order valence-corrected chi connectivity index (χ4v) is 2.08. The minimum Gasteiger partial charge on any atom is -0.396 e. The number of halogens is 2. The predicted molar refractivity (Wildman–Crippen MR) is 73.3 cm³/mol. The zero-order chi connectivity index (χ0) is 14.6. The van der Waals surface area contributed by atoms with Crippen LogP contribution in [-0.2, 0) is 0 Å². The second-order valence-electron chi connectivity index (χ2n) is 4.91. The second-order valence-corrected chi connectivity index (χ2v) is 5.77. The summed E-state index contributed by atoms with van der Waals surface area (Å²) in [7, 11) is 1.54. The molecule has 1 aromatic rings. The van der Waals surface area contributed by atoms with Gasteiger partial charge in [0.25, 0.3) is 5.91 Å². The van der Waals surface area contributed by atoms with Crippen molar-refractivity contribution in [3.05, 3.63) is 34.1 Å². The third-order valence-corrected chi connectivity index (χ3v) is 3.58. The molecule has 0 radical (unpaired) electrons. The summed E-state index contributed by atoms with van der Waals surface area (Å²) in [5, 5.41) is 18.4. The van der Waals surface area contributed by atoms with E-state index in [2.05, 4.69) is 15.9 Å². The molecule has 0 atom stereocenters. The van der Waals surface area contributed by atoms with E-state index < -0.39 is 11.2 Å². The van der Waals surface area contributed by atoms with Gasteiger partial charge in [-0.25, -0.2) is 4.39 Å². The number of amides is 1. The van der Waals surface area contributed by atoms with Crippen molar-refractivity contribution < 1.29 is 19.4 Å². The number of rotatable bonds is 5. The fourth-order valence-electron chi connectivity index (χ4n) is 1.66. The van der Waals surface area contributed by atoms with Crippen LogP contribution in [0.5, 0.6) is 0 Å². The Bertz CT molecular complexity index is 463. The molecule has 0 aliphatic carbocycles. The van der Waals surface area contributed by atoms with Gasteiger partial charge in [-0.05, 0) is 34.1 Å². The van der Waals surface area contributed by atoms with Gasteiger partial charge in [-0.1, -0.05) is 6.92 Å². The van der Waals surface area contributed by atoms with Crippen LogP contribution in [0.25, 0.3) is 0 Å². The molecule has 0 saturated heterocycles. The largest absolute Gasteiger partial charge is 0.396 e. The quantitative estimate of drug-likeness (QED) is 0.861. The van der Waals surface area contributed by atoms with E-state index in [1.54, 1.807) is 14.0 Å². The molecule has 2 N–H and O–H groups in total. The number of carbonyl (C=O) groups is 1. The third kappa shape index (κ3) is 3.99. The normalized spacial score (nSPS) is 11.5. The van der Waals surface area contributed by atoms with Crippen LogP contribution >= 0.6 is 15.9 Å². The van der Waals surface area contributed by atoms with Crippen LogP contribution in [0.15, 0.2) is 22.7 Å². The standard InChI is InChI=1S/C13H17BrFNO3/c1-13(7-17,8-18)6-16(2)12(19)10-5-9(15)3-4-11(10)14/h3-5,17-18H,6-8H2,1-2H3. The zero-order valence-electron chi connectivity index (χ0n) is 10.9. The lowest BCUT2D eigenvalue weighted by Crippen LogP contribution is -2.41. The maximum atomic E-state index is 13.2. The average Bonchev–Trinajstić information content (AvgIpc) is 2.40. The van der Waals surface area contributed by atoms with Crippen molar-refractivity contribution in [3.8, 4) is 0 Å². The van der Waals surface area contributed by atoms with Crippen molar-refractivity contribution in [2.75, 3.05) is 26.8 Å². The second kappa shape index (κ2) is 6.45.